The first-order chi connectivity index (χ1) is 14.7. The lowest BCUT2D eigenvalue weighted by molar-refractivity contribution is 0.102. The number of nitrogens with one attached hydrogen (secondary N) is 1. The molecule has 5 aromatic rings. The Morgan fingerprint density at radius 1 is 1.00 bits per heavy atom. The molecule has 0 radical (unpaired) electrons. The summed E-state index contributed by atoms with van der Waals surface area (Å²) in [6.45, 7) is 1.98. The molecule has 3 aromatic carbocycles. The van der Waals surface area contributed by atoms with Crippen LogP contribution in [0, 0.1) is 6.92 Å². The number of fused-ring (bicyclic) bond motifs is 1. The van der Waals surface area contributed by atoms with Gasteiger partial charge in [-0.05, 0) is 49.4 Å². The number of rotatable bonds is 4. The van der Waals surface area contributed by atoms with Crippen LogP contribution in [0.2, 0.25) is 0 Å². The van der Waals surface area contributed by atoms with Crippen molar-refractivity contribution in [3.8, 4) is 16.9 Å². The number of carbonyl (C=O) groups excluding carboxylic acids is 1. The van der Waals surface area contributed by atoms with E-state index >= 15 is 0 Å². The van der Waals surface area contributed by atoms with Crippen LogP contribution in [0.4, 0.5) is 5.69 Å². The van der Waals surface area contributed by atoms with E-state index in [1.54, 1.807) is 17.7 Å². The highest BCUT2D eigenvalue weighted by molar-refractivity contribution is 7.09. The molecule has 0 unspecified atom stereocenters. The third-order valence-electron chi connectivity index (χ3n) is 4.88. The zero-order valence-electron chi connectivity index (χ0n) is 16.2. The maximum Gasteiger partial charge on any atom is 0.255 e. The fraction of sp³-hybridized carbons (Fsp3) is 0.0417. The van der Waals surface area contributed by atoms with Gasteiger partial charge in [0.15, 0.2) is 0 Å². The Bertz CT molecular complexity index is 1350. The van der Waals surface area contributed by atoms with Gasteiger partial charge >= 0.3 is 0 Å². The average molecular weight is 411 g/mol. The lowest BCUT2D eigenvalue weighted by Gasteiger charge is -2.08. The van der Waals surface area contributed by atoms with Gasteiger partial charge in [-0.1, -0.05) is 30.3 Å². The summed E-state index contributed by atoms with van der Waals surface area (Å²) in [5.41, 5.74) is 5.97. The molecule has 5 nitrogen and oxygen atoms in total. The number of para-hydroxylation sites is 1. The van der Waals surface area contributed by atoms with Gasteiger partial charge in [-0.15, -0.1) is 11.3 Å². The van der Waals surface area contributed by atoms with Crippen molar-refractivity contribution in [2.45, 2.75) is 6.92 Å². The number of hydrogen-bond donors (Lipinski definition) is 1. The highest BCUT2D eigenvalue weighted by atomic mass is 32.1. The first-order valence-electron chi connectivity index (χ1n) is 9.54. The molecule has 5 rings (SSSR count). The Kier molecular flexibility index (Phi) is 4.61. The van der Waals surface area contributed by atoms with Crippen LogP contribution in [-0.4, -0.2) is 20.4 Å². The molecule has 0 aliphatic rings. The van der Waals surface area contributed by atoms with Crippen molar-refractivity contribution in [1.82, 2.24) is 14.5 Å². The van der Waals surface area contributed by atoms with Crippen molar-refractivity contribution >= 4 is 34.0 Å². The smallest absolute Gasteiger partial charge is 0.255 e. The Morgan fingerprint density at radius 3 is 2.67 bits per heavy atom. The molecular formula is C24H18N4OS. The number of imidazole rings is 1. The molecule has 6 heteroatoms. The molecular weight excluding hydrogens is 392 g/mol. The summed E-state index contributed by atoms with van der Waals surface area (Å²) in [5, 5.41) is 6.02. The molecule has 30 heavy (non-hydrogen) atoms. The summed E-state index contributed by atoms with van der Waals surface area (Å²) in [4.78, 5) is 21.8. The molecule has 0 fully saturated rings. The number of benzene rings is 3. The third kappa shape index (κ3) is 3.49. The van der Waals surface area contributed by atoms with Crippen molar-refractivity contribution < 1.29 is 4.79 Å². The van der Waals surface area contributed by atoms with Gasteiger partial charge < -0.3 is 5.32 Å². The van der Waals surface area contributed by atoms with Crippen LogP contribution in [0.5, 0.6) is 0 Å². The number of amides is 1. The first-order valence-corrected chi connectivity index (χ1v) is 10.4. The molecule has 1 N–H and O–H groups in total. The molecule has 0 aliphatic heterocycles. The van der Waals surface area contributed by atoms with Gasteiger partial charge in [0.2, 0.25) is 0 Å². The summed E-state index contributed by atoms with van der Waals surface area (Å²) in [6.07, 6.45) is 1.78. The maximum absolute atomic E-state index is 12.8. The van der Waals surface area contributed by atoms with Crippen molar-refractivity contribution in [3.63, 3.8) is 0 Å². The van der Waals surface area contributed by atoms with Crippen molar-refractivity contribution in [2.75, 3.05) is 5.32 Å². The Hall–Kier alpha value is -3.77. The van der Waals surface area contributed by atoms with E-state index in [0.717, 1.165) is 38.7 Å². The third-order valence-corrected chi connectivity index (χ3v) is 5.65. The van der Waals surface area contributed by atoms with Gasteiger partial charge in [0.1, 0.15) is 6.33 Å². The van der Waals surface area contributed by atoms with E-state index < -0.39 is 0 Å². The lowest BCUT2D eigenvalue weighted by Crippen LogP contribution is -2.11. The second kappa shape index (κ2) is 7.57. The summed E-state index contributed by atoms with van der Waals surface area (Å²) in [5.74, 6) is -0.169. The minimum absolute atomic E-state index is 0.169. The van der Waals surface area contributed by atoms with Crippen LogP contribution in [0.3, 0.4) is 0 Å². The van der Waals surface area contributed by atoms with Crippen molar-refractivity contribution in [3.05, 3.63) is 95.1 Å². The van der Waals surface area contributed by atoms with Crippen LogP contribution in [0.1, 0.15) is 15.4 Å². The number of carbonyl (C=O) groups is 1. The molecule has 0 saturated heterocycles. The fourth-order valence-corrected chi connectivity index (χ4v) is 4.03. The molecule has 0 saturated carbocycles. The van der Waals surface area contributed by atoms with E-state index in [1.165, 1.54) is 0 Å². The van der Waals surface area contributed by atoms with Crippen LogP contribution >= 0.6 is 11.3 Å². The fourth-order valence-electron chi connectivity index (χ4n) is 3.40. The second-order valence-corrected chi connectivity index (χ2v) is 8.00. The predicted octanol–water partition coefficient (Wildman–Crippen LogP) is 5.71. The van der Waals surface area contributed by atoms with E-state index in [-0.39, 0.29) is 5.91 Å². The van der Waals surface area contributed by atoms with Crippen LogP contribution in [0.15, 0.2) is 84.5 Å². The molecule has 0 aliphatic carbocycles. The zero-order chi connectivity index (χ0) is 20.5. The first kappa shape index (κ1) is 18.3. The molecule has 1 amide bonds. The van der Waals surface area contributed by atoms with Crippen LogP contribution in [-0.2, 0) is 0 Å². The van der Waals surface area contributed by atoms with Gasteiger partial charge in [0.25, 0.3) is 5.91 Å². The van der Waals surface area contributed by atoms with Crippen LogP contribution < -0.4 is 5.32 Å². The number of hydrogen-bond acceptors (Lipinski definition) is 4. The number of nitrogens with zero attached hydrogens (tertiary/aromatic N) is 3. The Labute approximate surface area is 177 Å². The standard InChI is InChI=1S/C24H18N4OS/c1-16-26-22(14-30-16)17-6-5-7-19(12-17)27-24(29)18-10-11-23-21(13-18)25-15-28(23)20-8-3-2-4-9-20/h2-15H,1H3,(H,27,29). The van der Waals surface area contributed by atoms with Gasteiger partial charge in [-0.2, -0.15) is 0 Å². The van der Waals surface area contributed by atoms with E-state index in [1.807, 2.05) is 89.7 Å². The molecule has 2 aromatic heterocycles. The number of thiazole rings is 1. The van der Waals surface area contributed by atoms with E-state index in [9.17, 15) is 4.79 Å². The van der Waals surface area contributed by atoms with E-state index in [4.69, 9.17) is 0 Å². The van der Waals surface area contributed by atoms with Gasteiger partial charge in [-0.25, -0.2) is 9.97 Å². The lowest BCUT2D eigenvalue weighted by atomic mass is 10.1. The van der Waals surface area contributed by atoms with E-state index in [0.29, 0.717) is 5.56 Å². The highest BCUT2D eigenvalue weighted by Gasteiger charge is 2.11. The SMILES string of the molecule is Cc1nc(-c2cccc(NC(=O)c3ccc4c(c3)ncn4-c3ccccc3)c2)cs1. The molecule has 0 bridgehead atoms. The van der Waals surface area contributed by atoms with Gasteiger partial charge in [-0.3, -0.25) is 9.36 Å². The second-order valence-electron chi connectivity index (χ2n) is 6.94. The minimum atomic E-state index is -0.169. The zero-order valence-corrected chi connectivity index (χ0v) is 17.1. The number of aromatic nitrogens is 3. The van der Waals surface area contributed by atoms with E-state index in [2.05, 4.69) is 15.3 Å². The number of aryl methyl sites for hydroxylation is 1. The number of anilines is 1. The monoisotopic (exact) mass is 410 g/mol. The maximum atomic E-state index is 12.8. The average Bonchev–Trinajstić information content (AvgIpc) is 3.40. The normalized spacial score (nSPS) is 11.0. The Balaban J connectivity index is 1.40. The molecule has 2 heterocycles. The molecule has 146 valence electrons. The quantitative estimate of drug-likeness (QED) is 0.413. The summed E-state index contributed by atoms with van der Waals surface area (Å²) >= 11 is 1.61. The topological polar surface area (TPSA) is 59.8 Å². The highest BCUT2D eigenvalue weighted by Crippen LogP contribution is 2.25. The summed E-state index contributed by atoms with van der Waals surface area (Å²) in [7, 11) is 0. The summed E-state index contributed by atoms with van der Waals surface area (Å²) in [6, 6.07) is 23.3. The largest absolute Gasteiger partial charge is 0.322 e. The Morgan fingerprint density at radius 2 is 1.87 bits per heavy atom. The van der Waals surface area contributed by atoms with Crippen molar-refractivity contribution in [2.24, 2.45) is 0 Å². The summed E-state index contributed by atoms with van der Waals surface area (Å²) < 4.78 is 2.01. The predicted molar refractivity (Wildman–Crippen MR) is 121 cm³/mol. The van der Waals surface area contributed by atoms with Gasteiger partial charge in [0.05, 0.1) is 21.7 Å². The van der Waals surface area contributed by atoms with Gasteiger partial charge in [0, 0.05) is 27.9 Å². The molecule has 0 atom stereocenters. The minimum Gasteiger partial charge on any atom is -0.322 e. The molecule has 0 spiro atoms. The van der Waals surface area contributed by atoms with Crippen molar-refractivity contribution in [1.29, 1.82) is 0 Å². The van der Waals surface area contributed by atoms with Crippen LogP contribution in [0.25, 0.3) is 28.0 Å².